The molecule has 0 saturated carbocycles. The fourth-order valence-corrected chi connectivity index (χ4v) is 2.04. The Labute approximate surface area is 110 Å². The number of carbonyl (C=O) groups is 1. The van der Waals surface area contributed by atoms with Crippen molar-refractivity contribution in [1.29, 1.82) is 0 Å². The van der Waals surface area contributed by atoms with E-state index in [0.29, 0.717) is 22.3 Å². The van der Waals surface area contributed by atoms with Crippen molar-refractivity contribution in [3.05, 3.63) is 53.6 Å². The summed E-state index contributed by atoms with van der Waals surface area (Å²) in [6, 6.07) is 12.8. The first-order valence-electron chi connectivity index (χ1n) is 5.97. The Morgan fingerprint density at radius 2 is 1.63 bits per heavy atom. The van der Waals surface area contributed by atoms with Crippen molar-refractivity contribution in [3.8, 4) is 0 Å². The molecule has 0 N–H and O–H groups in total. The first kappa shape index (κ1) is 11.6. The molecule has 0 unspecified atom stereocenters. The third kappa shape index (κ3) is 1.81. The zero-order valence-electron chi connectivity index (χ0n) is 10.7. The van der Waals surface area contributed by atoms with Gasteiger partial charge in [-0.3, -0.25) is 13.9 Å². The molecule has 0 radical (unpaired) electrons. The highest BCUT2D eigenvalue weighted by Gasteiger charge is 2.22. The van der Waals surface area contributed by atoms with E-state index in [9.17, 15) is 4.79 Å². The summed E-state index contributed by atoms with van der Waals surface area (Å²) in [4.78, 5) is 14.3. The minimum absolute atomic E-state index is 0.0644. The van der Waals surface area contributed by atoms with Gasteiger partial charge in [0.1, 0.15) is 0 Å². The SMILES string of the molecule is CN(C)c1ccc(C(=O)c2ccccc2)c2ooc12. The summed E-state index contributed by atoms with van der Waals surface area (Å²) < 4.78 is 9.99. The Bertz CT molecular complexity index is 722. The van der Waals surface area contributed by atoms with Gasteiger partial charge in [0.2, 0.25) is 11.2 Å². The second-order valence-corrected chi connectivity index (χ2v) is 4.55. The zero-order valence-corrected chi connectivity index (χ0v) is 10.7. The Morgan fingerprint density at radius 1 is 0.947 bits per heavy atom. The monoisotopic (exact) mass is 255 g/mol. The fourth-order valence-electron chi connectivity index (χ4n) is 2.04. The molecule has 0 aliphatic heterocycles. The molecule has 2 aromatic carbocycles. The van der Waals surface area contributed by atoms with Crippen LogP contribution in [-0.2, 0) is 0 Å². The molecule has 0 bridgehead atoms. The van der Waals surface area contributed by atoms with Crippen LogP contribution in [0.15, 0.2) is 51.6 Å². The number of anilines is 1. The van der Waals surface area contributed by atoms with Crippen molar-refractivity contribution >= 4 is 22.6 Å². The lowest BCUT2D eigenvalue weighted by Gasteiger charge is -2.15. The Morgan fingerprint density at radius 3 is 2.21 bits per heavy atom. The summed E-state index contributed by atoms with van der Waals surface area (Å²) in [6.07, 6.45) is 0. The van der Waals surface area contributed by atoms with Gasteiger partial charge in [0.25, 0.3) is 0 Å². The van der Waals surface area contributed by atoms with Crippen molar-refractivity contribution in [3.63, 3.8) is 0 Å². The van der Waals surface area contributed by atoms with Crippen LogP contribution in [0.1, 0.15) is 15.9 Å². The van der Waals surface area contributed by atoms with E-state index < -0.39 is 0 Å². The molecule has 0 fully saturated rings. The number of hydrogen-bond donors (Lipinski definition) is 0. The normalized spacial score (nSPS) is 10.8. The van der Waals surface area contributed by atoms with Crippen LogP contribution in [0.3, 0.4) is 0 Å². The lowest BCUT2D eigenvalue weighted by Crippen LogP contribution is -2.11. The van der Waals surface area contributed by atoms with E-state index in [1.807, 2.05) is 43.3 Å². The standard InChI is InChI=1S/C15H13NO3/c1-16(2)12-9-8-11(14-15(12)19-18-14)13(17)10-6-4-3-5-7-10/h3-9H,1-2H3. The van der Waals surface area contributed by atoms with E-state index in [2.05, 4.69) is 0 Å². The molecule has 4 heteroatoms. The largest absolute Gasteiger partial charge is 0.374 e. The number of ketones is 1. The lowest BCUT2D eigenvalue weighted by molar-refractivity contribution is 0.0581. The molecule has 19 heavy (non-hydrogen) atoms. The highest BCUT2D eigenvalue weighted by molar-refractivity contribution is 6.15. The molecule has 0 aliphatic carbocycles. The molecule has 96 valence electrons. The van der Waals surface area contributed by atoms with Gasteiger partial charge in [0.15, 0.2) is 5.78 Å². The van der Waals surface area contributed by atoms with E-state index in [0.717, 1.165) is 5.69 Å². The van der Waals surface area contributed by atoms with Crippen molar-refractivity contribution in [1.82, 2.24) is 0 Å². The number of benzene rings is 2. The van der Waals surface area contributed by atoms with Crippen LogP contribution < -0.4 is 4.90 Å². The number of rotatable bonds is 3. The number of hydrogen-bond acceptors (Lipinski definition) is 4. The van der Waals surface area contributed by atoms with E-state index >= 15 is 0 Å². The summed E-state index contributed by atoms with van der Waals surface area (Å²) >= 11 is 0. The van der Waals surface area contributed by atoms with Crippen molar-refractivity contribution in [2.24, 2.45) is 0 Å². The Kier molecular flexibility index (Phi) is 2.63. The van der Waals surface area contributed by atoms with Crippen LogP contribution in [0.25, 0.3) is 11.2 Å². The molecule has 4 nitrogen and oxygen atoms in total. The van der Waals surface area contributed by atoms with Gasteiger partial charge in [0, 0.05) is 19.7 Å². The molecule has 0 amide bonds. The van der Waals surface area contributed by atoms with Gasteiger partial charge in [0.05, 0.1) is 11.3 Å². The zero-order chi connectivity index (χ0) is 13.4. The molecule has 1 heterocycles. The van der Waals surface area contributed by atoms with Crippen molar-refractivity contribution in [2.75, 3.05) is 19.0 Å². The molecule has 0 aliphatic rings. The summed E-state index contributed by atoms with van der Waals surface area (Å²) in [5, 5.41) is 0. The van der Waals surface area contributed by atoms with Gasteiger partial charge >= 0.3 is 0 Å². The molecular formula is C15H13NO3. The molecule has 3 rings (SSSR count). The van der Waals surface area contributed by atoms with E-state index in [-0.39, 0.29) is 5.78 Å². The first-order chi connectivity index (χ1) is 9.18. The fraction of sp³-hybridized carbons (Fsp3) is 0.133. The third-order valence-electron chi connectivity index (χ3n) is 3.06. The Balaban J connectivity index is 2.08. The number of nitrogens with zero attached hydrogens (tertiary/aromatic N) is 1. The highest BCUT2D eigenvalue weighted by Crippen LogP contribution is 2.32. The maximum Gasteiger partial charge on any atom is 0.249 e. The lowest BCUT2D eigenvalue weighted by atomic mass is 10.0. The third-order valence-corrected chi connectivity index (χ3v) is 3.06. The molecule has 0 atom stereocenters. The molecular weight excluding hydrogens is 242 g/mol. The summed E-state index contributed by atoms with van der Waals surface area (Å²) in [7, 11) is 3.83. The van der Waals surface area contributed by atoms with Crippen LogP contribution in [0, 0.1) is 0 Å². The maximum atomic E-state index is 12.4. The van der Waals surface area contributed by atoms with Crippen LogP contribution in [-0.4, -0.2) is 19.9 Å². The second-order valence-electron chi connectivity index (χ2n) is 4.55. The van der Waals surface area contributed by atoms with Gasteiger partial charge < -0.3 is 4.90 Å². The summed E-state index contributed by atoms with van der Waals surface area (Å²) in [5.74, 6) is -0.0644. The van der Waals surface area contributed by atoms with Gasteiger partial charge in [-0.2, -0.15) is 0 Å². The molecule has 1 aromatic heterocycles. The van der Waals surface area contributed by atoms with E-state index in [4.69, 9.17) is 9.15 Å². The number of carbonyl (C=O) groups excluding carboxylic acids is 1. The van der Waals surface area contributed by atoms with Gasteiger partial charge in [-0.1, -0.05) is 30.3 Å². The predicted octanol–water partition coefficient (Wildman–Crippen LogP) is 3.32. The summed E-state index contributed by atoms with van der Waals surface area (Å²) in [5.41, 5.74) is 3.19. The van der Waals surface area contributed by atoms with E-state index in [1.165, 1.54) is 0 Å². The molecule has 3 aromatic rings. The smallest absolute Gasteiger partial charge is 0.249 e. The predicted molar refractivity (Wildman–Crippen MR) is 72.7 cm³/mol. The van der Waals surface area contributed by atoms with Crippen LogP contribution in [0.5, 0.6) is 0 Å². The van der Waals surface area contributed by atoms with Crippen molar-refractivity contribution < 1.29 is 13.9 Å². The van der Waals surface area contributed by atoms with Gasteiger partial charge in [-0.05, 0) is 12.1 Å². The first-order valence-corrected chi connectivity index (χ1v) is 5.97. The van der Waals surface area contributed by atoms with Gasteiger partial charge in [-0.25, -0.2) is 0 Å². The minimum Gasteiger partial charge on any atom is -0.374 e. The number of fused-ring (bicyclic) bond motifs is 1. The molecule has 0 saturated heterocycles. The second kappa shape index (κ2) is 4.31. The van der Waals surface area contributed by atoms with Crippen LogP contribution in [0.4, 0.5) is 5.69 Å². The topological polar surface area (TPSA) is 46.6 Å². The summed E-state index contributed by atoms with van der Waals surface area (Å²) in [6.45, 7) is 0. The molecule has 0 spiro atoms. The maximum absolute atomic E-state index is 12.4. The van der Waals surface area contributed by atoms with Crippen molar-refractivity contribution in [2.45, 2.75) is 0 Å². The average Bonchev–Trinajstić information content (AvgIpc) is 2.39. The van der Waals surface area contributed by atoms with Crippen LogP contribution >= 0.6 is 0 Å². The quantitative estimate of drug-likeness (QED) is 0.532. The van der Waals surface area contributed by atoms with Gasteiger partial charge in [-0.15, -0.1) is 0 Å². The van der Waals surface area contributed by atoms with Crippen LogP contribution in [0.2, 0.25) is 0 Å². The van der Waals surface area contributed by atoms with E-state index in [1.54, 1.807) is 18.2 Å². The highest BCUT2D eigenvalue weighted by atomic mass is 17.0. The average molecular weight is 255 g/mol. The Hall–Kier alpha value is -2.49. The minimum atomic E-state index is -0.0644.